The predicted octanol–water partition coefficient (Wildman–Crippen LogP) is 4.58. The van der Waals surface area contributed by atoms with E-state index in [1.807, 2.05) is 24.3 Å². The minimum atomic E-state index is -3.44. The minimum absolute atomic E-state index is 0.0493. The molecule has 0 aliphatic carbocycles. The first kappa shape index (κ1) is 24.3. The Morgan fingerprint density at radius 3 is 2.42 bits per heavy atom. The van der Waals surface area contributed by atoms with E-state index in [2.05, 4.69) is 10.6 Å². The summed E-state index contributed by atoms with van der Waals surface area (Å²) < 4.78 is 28.6. The van der Waals surface area contributed by atoms with Crippen molar-refractivity contribution in [2.45, 2.75) is 17.7 Å². The van der Waals surface area contributed by atoms with Gasteiger partial charge in [-0.3, -0.25) is 9.59 Å². The molecule has 33 heavy (non-hydrogen) atoms. The summed E-state index contributed by atoms with van der Waals surface area (Å²) >= 11 is 6.28. The number of aryl methyl sites for hydroxylation is 1. The lowest BCUT2D eigenvalue weighted by atomic mass is 10.1. The number of hydrogen-bond donors (Lipinski definition) is 2. The highest BCUT2D eigenvalue weighted by Gasteiger charge is 2.14. The predicted molar refractivity (Wildman–Crippen MR) is 129 cm³/mol. The van der Waals surface area contributed by atoms with Gasteiger partial charge in [0, 0.05) is 23.9 Å². The summed E-state index contributed by atoms with van der Waals surface area (Å²) in [5, 5.41) is 5.67. The number of carbonyl (C=O) groups is 2. The summed E-state index contributed by atoms with van der Waals surface area (Å²) in [7, 11) is -1.84. The Hall–Kier alpha value is -3.36. The molecule has 0 bridgehead atoms. The number of carbonyl (C=O) groups excluding carboxylic acids is 2. The fourth-order valence-corrected chi connectivity index (χ4v) is 3.96. The Morgan fingerprint density at radius 1 is 0.970 bits per heavy atom. The van der Waals surface area contributed by atoms with Crippen molar-refractivity contribution in [3.05, 3.63) is 82.9 Å². The van der Waals surface area contributed by atoms with Crippen LogP contribution >= 0.6 is 11.6 Å². The highest BCUT2D eigenvalue weighted by Crippen LogP contribution is 2.26. The SMILES string of the molecule is COc1cccc(CCC(=O)Nc2ccc(NC(=O)c3cccc(S(C)(=O)=O)c3)c(Cl)c2)c1. The third kappa shape index (κ3) is 6.81. The summed E-state index contributed by atoms with van der Waals surface area (Å²) in [6.45, 7) is 0. The maximum atomic E-state index is 12.5. The van der Waals surface area contributed by atoms with E-state index in [-0.39, 0.29) is 27.8 Å². The average Bonchev–Trinajstić information content (AvgIpc) is 2.79. The standard InChI is InChI=1S/C24H23ClN2O5S/c1-32-19-7-3-5-16(13-19)9-12-23(28)26-18-10-11-22(21(25)15-18)27-24(29)17-6-4-8-20(14-17)33(2,30)31/h3-8,10-11,13-15H,9,12H2,1-2H3,(H,26,28)(H,27,29). The largest absolute Gasteiger partial charge is 0.497 e. The molecule has 0 spiro atoms. The summed E-state index contributed by atoms with van der Waals surface area (Å²) in [5.41, 5.74) is 2.00. The van der Waals surface area contributed by atoms with Gasteiger partial charge in [-0.15, -0.1) is 0 Å². The van der Waals surface area contributed by atoms with Crippen LogP contribution in [0.5, 0.6) is 5.75 Å². The molecule has 0 aromatic heterocycles. The number of benzene rings is 3. The zero-order chi connectivity index (χ0) is 24.0. The third-order valence-corrected chi connectivity index (χ3v) is 6.22. The van der Waals surface area contributed by atoms with Crippen LogP contribution in [0.15, 0.2) is 71.6 Å². The van der Waals surface area contributed by atoms with Crippen LogP contribution < -0.4 is 15.4 Å². The first-order chi connectivity index (χ1) is 15.7. The van der Waals surface area contributed by atoms with Crippen LogP contribution in [0.4, 0.5) is 11.4 Å². The molecule has 3 rings (SSSR count). The monoisotopic (exact) mass is 486 g/mol. The molecule has 0 heterocycles. The summed E-state index contributed by atoms with van der Waals surface area (Å²) in [6, 6.07) is 18.0. The first-order valence-corrected chi connectivity index (χ1v) is 12.3. The van der Waals surface area contributed by atoms with Gasteiger partial charge >= 0.3 is 0 Å². The second-order valence-electron chi connectivity index (χ2n) is 7.35. The molecular formula is C24H23ClN2O5S. The number of hydrogen-bond acceptors (Lipinski definition) is 5. The van der Waals surface area contributed by atoms with Gasteiger partial charge in [-0.1, -0.05) is 29.8 Å². The Bertz CT molecular complexity index is 1290. The Kier molecular flexibility index (Phi) is 7.73. The van der Waals surface area contributed by atoms with Gasteiger partial charge in [-0.25, -0.2) is 8.42 Å². The number of amides is 2. The molecule has 0 aliphatic heterocycles. The zero-order valence-electron chi connectivity index (χ0n) is 18.1. The molecule has 0 saturated heterocycles. The zero-order valence-corrected chi connectivity index (χ0v) is 19.7. The van der Waals surface area contributed by atoms with Crippen molar-refractivity contribution in [3.63, 3.8) is 0 Å². The highest BCUT2D eigenvalue weighted by molar-refractivity contribution is 7.90. The Labute approximate surface area is 197 Å². The Balaban J connectivity index is 1.61. The molecule has 0 saturated carbocycles. The van der Waals surface area contributed by atoms with Crippen molar-refractivity contribution in [1.82, 2.24) is 0 Å². The minimum Gasteiger partial charge on any atom is -0.497 e. The second kappa shape index (κ2) is 10.5. The normalized spacial score (nSPS) is 11.0. The lowest BCUT2D eigenvalue weighted by Crippen LogP contribution is -2.14. The van der Waals surface area contributed by atoms with Crippen LogP contribution in [0.2, 0.25) is 5.02 Å². The van der Waals surface area contributed by atoms with E-state index >= 15 is 0 Å². The van der Waals surface area contributed by atoms with Gasteiger partial charge in [-0.2, -0.15) is 0 Å². The number of halogens is 1. The van der Waals surface area contributed by atoms with Gasteiger partial charge in [-0.05, 0) is 60.5 Å². The third-order valence-electron chi connectivity index (χ3n) is 4.80. The van der Waals surface area contributed by atoms with Crippen molar-refractivity contribution in [2.75, 3.05) is 24.0 Å². The van der Waals surface area contributed by atoms with Crippen molar-refractivity contribution in [3.8, 4) is 5.75 Å². The lowest BCUT2D eigenvalue weighted by Gasteiger charge is -2.11. The van der Waals surface area contributed by atoms with E-state index in [9.17, 15) is 18.0 Å². The van der Waals surface area contributed by atoms with E-state index in [1.165, 1.54) is 30.3 Å². The fraction of sp³-hybridized carbons (Fsp3) is 0.167. The molecule has 0 radical (unpaired) electrons. The molecule has 0 aliphatic rings. The first-order valence-electron chi connectivity index (χ1n) is 9.99. The maximum Gasteiger partial charge on any atom is 0.255 e. The molecule has 3 aromatic carbocycles. The van der Waals surface area contributed by atoms with Crippen molar-refractivity contribution in [2.24, 2.45) is 0 Å². The van der Waals surface area contributed by atoms with Crippen LogP contribution in [0.1, 0.15) is 22.3 Å². The van der Waals surface area contributed by atoms with Crippen LogP contribution in [0.25, 0.3) is 0 Å². The number of sulfone groups is 1. The highest BCUT2D eigenvalue weighted by atomic mass is 35.5. The molecular weight excluding hydrogens is 464 g/mol. The lowest BCUT2D eigenvalue weighted by molar-refractivity contribution is -0.116. The van der Waals surface area contributed by atoms with Gasteiger partial charge in [0.2, 0.25) is 5.91 Å². The van der Waals surface area contributed by atoms with E-state index in [1.54, 1.807) is 19.2 Å². The number of ether oxygens (including phenoxy) is 1. The van der Waals surface area contributed by atoms with E-state index in [0.29, 0.717) is 17.8 Å². The van der Waals surface area contributed by atoms with Crippen LogP contribution in [-0.2, 0) is 21.1 Å². The second-order valence-corrected chi connectivity index (χ2v) is 9.77. The number of methoxy groups -OCH3 is 1. The maximum absolute atomic E-state index is 12.5. The molecule has 7 nitrogen and oxygen atoms in total. The van der Waals surface area contributed by atoms with Crippen molar-refractivity contribution < 1.29 is 22.7 Å². The number of nitrogens with one attached hydrogen (secondary N) is 2. The number of rotatable bonds is 8. The van der Waals surface area contributed by atoms with E-state index in [0.717, 1.165) is 17.6 Å². The molecule has 2 amide bonds. The van der Waals surface area contributed by atoms with E-state index in [4.69, 9.17) is 16.3 Å². The van der Waals surface area contributed by atoms with Gasteiger partial charge in [0.05, 0.1) is 22.7 Å². The van der Waals surface area contributed by atoms with Gasteiger partial charge in [0.15, 0.2) is 9.84 Å². The summed E-state index contributed by atoms with van der Waals surface area (Å²) in [4.78, 5) is 24.9. The van der Waals surface area contributed by atoms with Crippen LogP contribution in [-0.4, -0.2) is 33.6 Å². The topological polar surface area (TPSA) is 102 Å². The van der Waals surface area contributed by atoms with E-state index < -0.39 is 15.7 Å². The molecule has 0 fully saturated rings. The van der Waals surface area contributed by atoms with Crippen LogP contribution in [0, 0.1) is 0 Å². The van der Waals surface area contributed by atoms with Gasteiger partial charge in [0.1, 0.15) is 5.75 Å². The molecule has 9 heteroatoms. The fourth-order valence-electron chi connectivity index (χ4n) is 3.07. The quantitative estimate of drug-likeness (QED) is 0.485. The van der Waals surface area contributed by atoms with Crippen LogP contribution in [0.3, 0.4) is 0 Å². The molecule has 172 valence electrons. The summed E-state index contributed by atoms with van der Waals surface area (Å²) in [5.74, 6) is 0.0566. The number of anilines is 2. The van der Waals surface area contributed by atoms with Crippen molar-refractivity contribution >= 4 is 44.6 Å². The molecule has 0 atom stereocenters. The van der Waals surface area contributed by atoms with Gasteiger partial charge < -0.3 is 15.4 Å². The average molecular weight is 487 g/mol. The Morgan fingerprint density at radius 2 is 1.73 bits per heavy atom. The van der Waals surface area contributed by atoms with Gasteiger partial charge in [0.25, 0.3) is 5.91 Å². The molecule has 2 N–H and O–H groups in total. The van der Waals surface area contributed by atoms with Crippen molar-refractivity contribution in [1.29, 1.82) is 0 Å². The molecule has 3 aromatic rings. The molecule has 0 unspecified atom stereocenters. The smallest absolute Gasteiger partial charge is 0.255 e. The summed E-state index contributed by atoms with van der Waals surface area (Å²) in [6.07, 6.45) is 1.90.